The van der Waals surface area contributed by atoms with Gasteiger partial charge in [-0.25, -0.2) is 5.48 Å². The van der Waals surface area contributed by atoms with E-state index in [9.17, 15) is 14.7 Å². The average Bonchev–Trinajstić information content (AvgIpc) is 2.17. The molecule has 0 aliphatic heterocycles. The summed E-state index contributed by atoms with van der Waals surface area (Å²) in [6, 6.07) is 5.94. The Kier molecular flexibility index (Phi) is 3.64. The van der Waals surface area contributed by atoms with Gasteiger partial charge >= 0.3 is 0 Å². The SMILES string of the molecule is NC(=O)CONC(=O)c1ccccc1O. The Hall–Kier alpha value is -2.08. The van der Waals surface area contributed by atoms with Gasteiger partial charge in [0.05, 0.1) is 5.56 Å². The van der Waals surface area contributed by atoms with E-state index in [-0.39, 0.29) is 11.3 Å². The number of benzene rings is 1. The number of nitrogens with one attached hydrogen (secondary N) is 1. The summed E-state index contributed by atoms with van der Waals surface area (Å²) in [6.45, 7) is -0.417. The lowest BCUT2D eigenvalue weighted by molar-refractivity contribution is -0.124. The van der Waals surface area contributed by atoms with E-state index in [0.717, 1.165) is 0 Å². The van der Waals surface area contributed by atoms with Crippen LogP contribution in [-0.4, -0.2) is 23.5 Å². The minimum atomic E-state index is -0.701. The molecule has 15 heavy (non-hydrogen) atoms. The Balaban J connectivity index is 2.54. The van der Waals surface area contributed by atoms with Crippen molar-refractivity contribution >= 4 is 11.8 Å². The zero-order valence-electron chi connectivity index (χ0n) is 7.77. The topological polar surface area (TPSA) is 102 Å². The zero-order chi connectivity index (χ0) is 11.3. The molecular weight excluding hydrogens is 200 g/mol. The monoisotopic (exact) mass is 210 g/mol. The van der Waals surface area contributed by atoms with Crippen LogP contribution in [0.1, 0.15) is 10.4 Å². The van der Waals surface area contributed by atoms with Gasteiger partial charge in [-0.15, -0.1) is 0 Å². The molecule has 6 heteroatoms. The van der Waals surface area contributed by atoms with E-state index in [4.69, 9.17) is 5.73 Å². The van der Waals surface area contributed by atoms with Gasteiger partial charge in [0.1, 0.15) is 5.75 Å². The van der Waals surface area contributed by atoms with Gasteiger partial charge in [-0.2, -0.15) is 0 Å². The lowest BCUT2D eigenvalue weighted by Crippen LogP contribution is -2.29. The smallest absolute Gasteiger partial charge is 0.278 e. The second-order valence-electron chi connectivity index (χ2n) is 2.70. The lowest BCUT2D eigenvalue weighted by Gasteiger charge is -2.05. The van der Waals surface area contributed by atoms with Crippen molar-refractivity contribution in [2.24, 2.45) is 5.73 Å². The van der Waals surface area contributed by atoms with Crippen molar-refractivity contribution < 1.29 is 19.5 Å². The van der Waals surface area contributed by atoms with Gasteiger partial charge in [0.25, 0.3) is 5.91 Å². The van der Waals surface area contributed by atoms with Crippen LogP contribution in [0.4, 0.5) is 0 Å². The highest BCUT2D eigenvalue weighted by Crippen LogP contribution is 2.14. The molecule has 1 rings (SSSR count). The van der Waals surface area contributed by atoms with Crippen LogP contribution < -0.4 is 11.2 Å². The Morgan fingerprint density at radius 2 is 2.07 bits per heavy atom. The minimum absolute atomic E-state index is 0.0574. The number of hydroxylamine groups is 1. The molecule has 0 radical (unpaired) electrons. The van der Waals surface area contributed by atoms with Crippen LogP contribution in [0, 0.1) is 0 Å². The third-order valence-electron chi connectivity index (χ3n) is 1.53. The molecule has 0 saturated heterocycles. The predicted molar refractivity (Wildman–Crippen MR) is 50.7 cm³/mol. The molecule has 2 amide bonds. The van der Waals surface area contributed by atoms with E-state index in [2.05, 4.69) is 4.84 Å². The van der Waals surface area contributed by atoms with E-state index in [1.54, 1.807) is 12.1 Å². The molecule has 4 N–H and O–H groups in total. The number of primary amides is 1. The molecule has 0 aliphatic rings. The highest BCUT2D eigenvalue weighted by Gasteiger charge is 2.09. The first-order chi connectivity index (χ1) is 7.11. The van der Waals surface area contributed by atoms with Crippen molar-refractivity contribution in [1.29, 1.82) is 0 Å². The van der Waals surface area contributed by atoms with E-state index < -0.39 is 18.4 Å². The Morgan fingerprint density at radius 3 is 2.67 bits per heavy atom. The van der Waals surface area contributed by atoms with Gasteiger partial charge in [-0.3, -0.25) is 14.4 Å². The summed E-state index contributed by atoms with van der Waals surface area (Å²) in [7, 11) is 0. The van der Waals surface area contributed by atoms with Crippen molar-refractivity contribution in [2.75, 3.05) is 6.61 Å². The van der Waals surface area contributed by atoms with Crippen LogP contribution >= 0.6 is 0 Å². The molecule has 1 aromatic rings. The summed E-state index contributed by atoms with van der Waals surface area (Å²) < 4.78 is 0. The van der Waals surface area contributed by atoms with Crippen LogP contribution in [0.15, 0.2) is 24.3 Å². The number of phenolic OH excluding ortho intramolecular Hbond substituents is 1. The van der Waals surface area contributed by atoms with Gasteiger partial charge in [0.15, 0.2) is 6.61 Å². The summed E-state index contributed by atoms with van der Waals surface area (Å²) in [6.07, 6.45) is 0. The number of carbonyl (C=O) groups excluding carboxylic acids is 2. The number of rotatable bonds is 4. The molecule has 80 valence electrons. The predicted octanol–water partition coefficient (Wildman–Crippen LogP) is -0.461. The Bertz CT molecular complexity index is 378. The van der Waals surface area contributed by atoms with Crippen LogP contribution in [0.5, 0.6) is 5.75 Å². The number of hydrogen-bond donors (Lipinski definition) is 3. The van der Waals surface area contributed by atoms with E-state index >= 15 is 0 Å². The normalized spacial score (nSPS) is 9.60. The summed E-state index contributed by atoms with van der Waals surface area (Å²) in [4.78, 5) is 26.1. The van der Waals surface area contributed by atoms with Gasteiger partial charge in [-0.1, -0.05) is 12.1 Å². The fourth-order valence-corrected chi connectivity index (χ4v) is 0.893. The number of para-hydroxylation sites is 1. The molecule has 0 bridgehead atoms. The van der Waals surface area contributed by atoms with Crippen molar-refractivity contribution in [3.8, 4) is 5.75 Å². The van der Waals surface area contributed by atoms with Gasteiger partial charge in [0.2, 0.25) is 5.91 Å². The molecule has 1 aromatic carbocycles. The van der Waals surface area contributed by atoms with Crippen LogP contribution in [0.3, 0.4) is 0 Å². The van der Waals surface area contributed by atoms with Crippen molar-refractivity contribution in [1.82, 2.24) is 5.48 Å². The van der Waals surface area contributed by atoms with Gasteiger partial charge < -0.3 is 10.8 Å². The van der Waals surface area contributed by atoms with E-state index in [1.807, 2.05) is 5.48 Å². The molecule has 6 nitrogen and oxygen atoms in total. The molecule has 0 spiro atoms. The van der Waals surface area contributed by atoms with Crippen LogP contribution in [0.25, 0.3) is 0 Å². The lowest BCUT2D eigenvalue weighted by atomic mass is 10.2. The molecule has 0 unspecified atom stereocenters. The Labute approximate surface area is 85.6 Å². The second-order valence-corrected chi connectivity index (χ2v) is 2.70. The standard InChI is InChI=1S/C9H10N2O4/c10-8(13)5-15-11-9(14)6-3-1-2-4-7(6)12/h1-4,12H,5H2,(H2,10,13)(H,11,14). The molecule has 0 heterocycles. The largest absolute Gasteiger partial charge is 0.507 e. The first-order valence-corrected chi connectivity index (χ1v) is 4.09. The molecule has 0 fully saturated rings. The quantitative estimate of drug-likeness (QED) is 0.585. The fraction of sp³-hybridized carbons (Fsp3) is 0.111. The van der Waals surface area contributed by atoms with E-state index in [1.165, 1.54) is 12.1 Å². The highest BCUT2D eigenvalue weighted by atomic mass is 16.7. The van der Waals surface area contributed by atoms with Crippen molar-refractivity contribution in [3.63, 3.8) is 0 Å². The number of hydrogen-bond acceptors (Lipinski definition) is 4. The molecule has 0 aromatic heterocycles. The molecule has 0 atom stereocenters. The number of nitrogens with two attached hydrogens (primary N) is 1. The summed E-state index contributed by atoms with van der Waals surface area (Å²) in [5, 5.41) is 9.28. The maximum atomic E-state index is 11.3. The summed E-state index contributed by atoms with van der Waals surface area (Å²) in [5.41, 5.74) is 6.81. The number of carbonyl (C=O) groups is 2. The third-order valence-corrected chi connectivity index (χ3v) is 1.53. The first kappa shape index (κ1) is 11.0. The molecule has 0 saturated carbocycles. The first-order valence-electron chi connectivity index (χ1n) is 4.09. The minimum Gasteiger partial charge on any atom is -0.507 e. The summed E-state index contributed by atoms with van der Waals surface area (Å²) in [5.74, 6) is -1.51. The number of amides is 2. The molecular formula is C9H10N2O4. The third kappa shape index (κ3) is 3.28. The van der Waals surface area contributed by atoms with Gasteiger partial charge in [-0.05, 0) is 12.1 Å². The van der Waals surface area contributed by atoms with Gasteiger partial charge in [0, 0.05) is 0 Å². The van der Waals surface area contributed by atoms with Crippen molar-refractivity contribution in [3.05, 3.63) is 29.8 Å². The summed E-state index contributed by atoms with van der Waals surface area (Å²) >= 11 is 0. The second kappa shape index (κ2) is 4.97. The maximum Gasteiger partial charge on any atom is 0.278 e. The Morgan fingerprint density at radius 1 is 1.40 bits per heavy atom. The van der Waals surface area contributed by atoms with E-state index in [0.29, 0.717) is 0 Å². The maximum absolute atomic E-state index is 11.3. The molecule has 0 aliphatic carbocycles. The number of phenols is 1. The average molecular weight is 210 g/mol. The zero-order valence-corrected chi connectivity index (χ0v) is 7.77. The van der Waals surface area contributed by atoms with Crippen LogP contribution in [0.2, 0.25) is 0 Å². The van der Waals surface area contributed by atoms with Crippen LogP contribution in [-0.2, 0) is 9.63 Å². The fourth-order valence-electron chi connectivity index (χ4n) is 0.893. The highest BCUT2D eigenvalue weighted by molar-refractivity contribution is 5.96. The number of aromatic hydroxyl groups is 1. The van der Waals surface area contributed by atoms with Crippen molar-refractivity contribution in [2.45, 2.75) is 0 Å².